The van der Waals surface area contributed by atoms with E-state index in [-0.39, 0.29) is 36.0 Å². The second-order valence-electron chi connectivity index (χ2n) is 22.2. The van der Waals surface area contributed by atoms with E-state index in [2.05, 4.69) is 27.7 Å². The van der Waals surface area contributed by atoms with Gasteiger partial charge in [0.15, 0.2) is 13.2 Å². The molecule has 8 heteroatoms. The third-order valence-electron chi connectivity index (χ3n) is 17.8. The first kappa shape index (κ1) is 40.1. The number of esters is 4. The van der Waals surface area contributed by atoms with E-state index in [4.69, 9.17) is 18.9 Å². The number of ether oxygens (including phenoxy) is 4. The van der Waals surface area contributed by atoms with Gasteiger partial charge in [0.05, 0.1) is 10.8 Å². The molecule has 0 radical (unpaired) electrons. The third-order valence-corrected chi connectivity index (χ3v) is 17.8. The molecule has 0 spiro atoms. The van der Waals surface area contributed by atoms with Gasteiger partial charge in [-0.25, -0.2) is 9.59 Å². The Morgan fingerprint density at radius 1 is 0.463 bits per heavy atom. The second-order valence-corrected chi connectivity index (χ2v) is 22.2. The van der Waals surface area contributed by atoms with E-state index >= 15 is 0 Å². The first-order chi connectivity index (χ1) is 25.1. The summed E-state index contributed by atoms with van der Waals surface area (Å²) < 4.78 is 22.5. The van der Waals surface area contributed by atoms with Crippen LogP contribution in [0.5, 0.6) is 0 Å². The van der Waals surface area contributed by atoms with Gasteiger partial charge in [-0.1, -0.05) is 13.8 Å². The summed E-state index contributed by atoms with van der Waals surface area (Å²) in [7, 11) is 0. The quantitative estimate of drug-likeness (QED) is 0.143. The van der Waals surface area contributed by atoms with Crippen molar-refractivity contribution >= 4 is 23.9 Å². The lowest BCUT2D eigenvalue weighted by atomic mass is 9.31. The van der Waals surface area contributed by atoms with Gasteiger partial charge in [-0.15, -0.1) is 0 Å². The molecule has 0 amide bonds. The second kappa shape index (κ2) is 13.8. The highest BCUT2D eigenvalue weighted by Crippen LogP contribution is 2.76. The zero-order valence-electron chi connectivity index (χ0n) is 35.4. The molecule has 304 valence electrons. The molecule has 0 aromatic rings. The SMILES string of the molecule is CCC(C)(C)C(=O)OCC(=O)OC(C)(C)C12CC3C4CC5CC3C(C1)C(C5)C4C2.CCC(C)(C)C(=O)OCC(=O)OC(C)(C)C12CC3CC(CC(C3)C1)C2. The molecule has 0 heterocycles. The fourth-order valence-corrected chi connectivity index (χ4v) is 14.3. The Balaban J connectivity index is 0.000000169. The fraction of sp³-hybridized carbons (Fsp3) is 0.913. The average molecular weight is 753 g/mol. The number of rotatable bonds is 12. The molecule has 8 nitrogen and oxygen atoms in total. The Bertz CT molecular complexity index is 1390. The number of carbonyl (C=O) groups excluding carboxylic acids is 4. The van der Waals surface area contributed by atoms with E-state index in [9.17, 15) is 19.2 Å². The van der Waals surface area contributed by atoms with Crippen LogP contribution in [0.4, 0.5) is 0 Å². The lowest BCUT2D eigenvalue weighted by Gasteiger charge is -2.74. The van der Waals surface area contributed by atoms with Crippen molar-refractivity contribution in [1.29, 1.82) is 0 Å². The van der Waals surface area contributed by atoms with E-state index < -0.39 is 34.0 Å². The molecule has 11 saturated carbocycles. The number of carbonyl (C=O) groups is 4. The van der Waals surface area contributed by atoms with Crippen molar-refractivity contribution in [2.45, 2.75) is 170 Å². The van der Waals surface area contributed by atoms with Crippen LogP contribution < -0.4 is 0 Å². The summed E-state index contributed by atoms with van der Waals surface area (Å²) in [6, 6.07) is 0. The van der Waals surface area contributed by atoms with E-state index in [1.54, 1.807) is 0 Å². The Kier molecular flexibility index (Phi) is 10.2. The maximum absolute atomic E-state index is 12.6. The van der Waals surface area contributed by atoms with Gasteiger partial charge in [0, 0.05) is 10.8 Å². The minimum atomic E-state index is -0.561. The van der Waals surface area contributed by atoms with Crippen LogP contribution in [-0.4, -0.2) is 48.3 Å². The lowest BCUT2D eigenvalue weighted by molar-refractivity contribution is -0.273. The Morgan fingerprint density at radius 2 is 0.778 bits per heavy atom. The standard InChI is InChI=1S/C25H38O4.C21H34O4/c1-6-23(2,3)22(27)28-13-21(26)29-24(4,5)25-10-18-15-7-14-8-16(18)20(12-25)17(9-14)19(15)11-25;1-6-19(2,3)18(23)24-13-17(22)25-20(4,5)21-10-14-7-15(11-21)9-16(8-14)12-21/h14-20H,6-13H2,1-5H3;14-16H,6-13H2,1-5H3. The molecule has 0 N–H and O–H groups in total. The summed E-state index contributed by atoms with van der Waals surface area (Å²) in [5.74, 6) is 7.42. The van der Waals surface area contributed by atoms with Gasteiger partial charge in [-0.2, -0.15) is 0 Å². The van der Waals surface area contributed by atoms with Crippen LogP contribution in [0.1, 0.15) is 159 Å². The van der Waals surface area contributed by atoms with Crippen LogP contribution in [0.2, 0.25) is 0 Å². The molecule has 0 aliphatic heterocycles. The largest absolute Gasteiger partial charge is 0.457 e. The normalized spacial score (nSPS) is 39.5. The van der Waals surface area contributed by atoms with Crippen LogP contribution in [0.15, 0.2) is 0 Å². The topological polar surface area (TPSA) is 105 Å². The van der Waals surface area contributed by atoms with Crippen molar-refractivity contribution < 1.29 is 38.1 Å². The maximum atomic E-state index is 12.6. The van der Waals surface area contributed by atoms with Gasteiger partial charge in [0.25, 0.3) is 0 Å². The Morgan fingerprint density at radius 3 is 1.09 bits per heavy atom. The van der Waals surface area contributed by atoms with E-state index in [0.717, 1.165) is 59.2 Å². The minimum absolute atomic E-state index is 0.114. The van der Waals surface area contributed by atoms with Crippen LogP contribution in [0.3, 0.4) is 0 Å². The summed E-state index contributed by atoms with van der Waals surface area (Å²) in [6.45, 7) is 19.1. The summed E-state index contributed by atoms with van der Waals surface area (Å²) >= 11 is 0. The van der Waals surface area contributed by atoms with Gasteiger partial charge in [0.1, 0.15) is 11.2 Å². The van der Waals surface area contributed by atoms with Crippen molar-refractivity contribution in [3.05, 3.63) is 0 Å². The molecular weight excluding hydrogens is 680 g/mol. The summed E-state index contributed by atoms with van der Waals surface area (Å²) in [4.78, 5) is 49.3. The van der Waals surface area contributed by atoms with Crippen LogP contribution in [0, 0.1) is 80.8 Å². The fourth-order valence-electron chi connectivity index (χ4n) is 14.3. The summed E-state index contributed by atoms with van der Waals surface area (Å²) in [6.07, 6.45) is 17.1. The molecule has 54 heavy (non-hydrogen) atoms. The van der Waals surface area contributed by atoms with Crippen molar-refractivity contribution in [2.24, 2.45) is 80.8 Å². The predicted molar refractivity (Wildman–Crippen MR) is 206 cm³/mol. The van der Waals surface area contributed by atoms with E-state index in [1.807, 2.05) is 41.5 Å². The Hall–Kier alpha value is -2.12. The van der Waals surface area contributed by atoms with E-state index in [0.29, 0.717) is 12.8 Å². The van der Waals surface area contributed by atoms with Crippen molar-refractivity contribution in [3.63, 3.8) is 0 Å². The molecule has 0 saturated heterocycles. The first-order valence-electron chi connectivity index (χ1n) is 21.9. The summed E-state index contributed by atoms with van der Waals surface area (Å²) in [5, 5.41) is 0. The predicted octanol–water partition coefficient (Wildman–Crippen LogP) is 9.50. The zero-order chi connectivity index (χ0) is 39.2. The molecule has 11 rings (SSSR count). The zero-order valence-corrected chi connectivity index (χ0v) is 35.4. The van der Waals surface area contributed by atoms with Crippen molar-refractivity contribution in [3.8, 4) is 0 Å². The average Bonchev–Trinajstić information content (AvgIpc) is 3.10. The number of hydrogen-bond donors (Lipinski definition) is 0. The van der Waals surface area contributed by atoms with Gasteiger partial charge in [-0.05, 0) is 204 Å². The maximum Gasteiger partial charge on any atom is 0.344 e. The monoisotopic (exact) mass is 753 g/mol. The van der Waals surface area contributed by atoms with Gasteiger partial charge < -0.3 is 18.9 Å². The molecule has 0 aromatic heterocycles. The molecule has 11 aliphatic carbocycles. The van der Waals surface area contributed by atoms with Crippen molar-refractivity contribution in [1.82, 2.24) is 0 Å². The molecular formula is C46H72O8. The van der Waals surface area contributed by atoms with Gasteiger partial charge >= 0.3 is 23.9 Å². The Labute approximate surface area is 325 Å². The van der Waals surface area contributed by atoms with Crippen LogP contribution in [0.25, 0.3) is 0 Å². The number of hydrogen-bond acceptors (Lipinski definition) is 8. The highest BCUT2D eigenvalue weighted by Gasteiger charge is 2.70. The highest BCUT2D eigenvalue weighted by atomic mass is 16.6. The molecule has 0 atom stereocenters. The first-order valence-corrected chi connectivity index (χ1v) is 21.9. The highest BCUT2D eigenvalue weighted by molar-refractivity contribution is 5.80. The van der Waals surface area contributed by atoms with Crippen molar-refractivity contribution in [2.75, 3.05) is 13.2 Å². The minimum Gasteiger partial charge on any atom is -0.457 e. The summed E-state index contributed by atoms with van der Waals surface area (Å²) in [5.41, 5.74) is -1.88. The smallest absolute Gasteiger partial charge is 0.344 e. The molecule has 12 bridgehead atoms. The molecule has 0 unspecified atom stereocenters. The molecule has 11 fully saturated rings. The molecule has 0 aromatic carbocycles. The van der Waals surface area contributed by atoms with Crippen LogP contribution in [-0.2, 0) is 38.1 Å². The van der Waals surface area contributed by atoms with Gasteiger partial charge in [0.2, 0.25) is 0 Å². The lowest BCUT2D eigenvalue weighted by Crippen LogP contribution is -2.69. The molecule has 11 aliphatic rings. The van der Waals surface area contributed by atoms with E-state index in [1.165, 1.54) is 77.0 Å². The van der Waals surface area contributed by atoms with Crippen LogP contribution >= 0.6 is 0 Å². The van der Waals surface area contributed by atoms with Gasteiger partial charge in [-0.3, -0.25) is 9.59 Å². The third kappa shape index (κ3) is 6.85.